The number of piperidine rings is 2. The summed E-state index contributed by atoms with van der Waals surface area (Å²) in [6.07, 6.45) is 5.46. The predicted molar refractivity (Wildman–Crippen MR) is 106 cm³/mol. The lowest BCUT2D eigenvalue weighted by Gasteiger charge is -2.37. The van der Waals surface area contributed by atoms with E-state index in [1.54, 1.807) is 4.31 Å². The summed E-state index contributed by atoms with van der Waals surface area (Å²) < 4.78 is 30.9. The summed E-state index contributed by atoms with van der Waals surface area (Å²) in [6, 6.07) is 0. The van der Waals surface area contributed by atoms with Gasteiger partial charge in [0.1, 0.15) is 0 Å². The third kappa shape index (κ3) is 6.70. The summed E-state index contributed by atoms with van der Waals surface area (Å²) in [7, 11) is -1.23. The van der Waals surface area contributed by atoms with E-state index in [-0.39, 0.29) is 5.60 Å². The standard InChI is InChI=1S/C18H36N4O3S/c1-18(2,3)25-16-8-10-21(11-9-16)17(19-4)20-14-15-6-12-22(13-7-15)26(5,23)24/h15-16H,6-14H2,1-5H3,(H,19,20). The van der Waals surface area contributed by atoms with Crippen molar-refractivity contribution in [3.63, 3.8) is 0 Å². The number of aliphatic imine (C=N–C) groups is 1. The fraction of sp³-hybridized carbons (Fsp3) is 0.944. The highest BCUT2D eigenvalue weighted by Gasteiger charge is 2.27. The van der Waals surface area contributed by atoms with Crippen LogP contribution in [0, 0.1) is 5.92 Å². The van der Waals surface area contributed by atoms with Crippen molar-refractivity contribution in [3.8, 4) is 0 Å². The smallest absolute Gasteiger partial charge is 0.211 e. The lowest BCUT2D eigenvalue weighted by atomic mass is 9.98. The zero-order chi connectivity index (χ0) is 19.4. The summed E-state index contributed by atoms with van der Waals surface area (Å²) in [4.78, 5) is 6.73. The molecule has 0 spiro atoms. The molecule has 8 heteroatoms. The Morgan fingerprint density at radius 1 is 1.12 bits per heavy atom. The Labute approximate surface area is 159 Å². The van der Waals surface area contributed by atoms with Gasteiger partial charge in [-0.25, -0.2) is 12.7 Å². The number of guanidine groups is 1. The highest BCUT2D eigenvalue weighted by molar-refractivity contribution is 7.88. The maximum Gasteiger partial charge on any atom is 0.211 e. The second-order valence-corrected chi connectivity index (χ2v) is 10.4. The van der Waals surface area contributed by atoms with E-state index >= 15 is 0 Å². The van der Waals surface area contributed by atoms with Gasteiger partial charge >= 0.3 is 0 Å². The van der Waals surface area contributed by atoms with Crippen molar-refractivity contribution < 1.29 is 13.2 Å². The molecule has 0 radical (unpaired) electrons. The van der Waals surface area contributed by atoms with Crippen LogP contribution in [0.4, 0.5) is 0 Å². The average Bonchev–Trinajstić information content (AvgIpc) is 2.55. The molecular weight excluding hydrogens is 352 g/mol. The minimum Gasteiger partial charge on any atom is -0.372 e. The largest absolute Gasteiger partial charge is 0.372 e. The minimum absolute atomic E-state index is 0.0897. The number of likely N-dealkylation sites (tertiary alicyclic amines) is 1. The Hall–Kier alpha value is -0.860. The van der Waals surface area contributed by atoms with E-state index in [4.69, 9.17) is 4.74 Å². The van der Waals surface area contributed by atoms with Crippen LogP contribution in [0.2, 0.25) is 0 Å². The molecule has 2 aliphatic heterocycles. The Morgan fingerprint density at radius 3 is 2.15 bits per heavy atom. The zero-order valence-corrected chi connectivity index (χ0v) is 17.8. The van der Waals surface area contributed by atoms with E-state index in [1.165, 1.54) is 6.26 Å². The van der Waals surface area contributed by atoms with Crippen LogP contribution in [0.5, 0.6) is 0 Å². The normalized spacial score (nSPS) is 22.7. The molecule has 7 nitrogen and oxygen atoms in total. The Morgan fingerprint density at radius 2 is 1.69 bits per heavy atom. The summed E-state index contributed by atoms with van der Waals surface area (Å²) in [5.41, 5.74) is -0.0897. The van der Waals surface area contributed by atoms with E-state index in [0.29, 0.717) is 25.1 Å². The molecule has 0 aromatic rings. The van der Waals surface area contributed by atoms with E-state index in [9.17, 15) is 8.42 Å². The lowest BCUT2D eigenvalue weighted by molar-refractivity contribution is -0.0773. The fourth-order valence-corrected chi connectivity index (χ4v) is 4.57. The van der Waals surface area contributed by atoms with E-state index in [0.717, 1.165) is 51.3 Å². The van der Waals surface area contributed by atoms with Gasteiger partial charge in [-0.2, -0.15) is 0 Å². The molecule has 0 aromatic carbocycles. The van der Waals surface area contributed by atoms with Gasteiger partial charge in [-0.1, -0.05) is 0 Å². The van der Waals surface area contributed by atoms with Gasteiger partial charge in [0.15, 0.2) is 5.96 Å². The molecule has 2 aliphatic rings. The third-order valence-electron chi connectivity index (χ3n) is 5.06. The molecule has 2 fully saturated rings. The zero-order valence-electron chi connectivity index (χ0n) is 17.0. The molecule has 152 valence electrons. The monoisotopic (exact) mass is 388 g/mol. The molecule has 2 saturated heterocycles. The van der Waals surface area contributed by atoms with Crippen molar-refractivity contribution in [2.45, 2.75) is 58.2 Å². The highest BCUT2D eigenvalue weighted by atomic mass is 32.2. The third-order valence-corrected chi connectivity index (χ3v) is 6.37. The molecule has 0 saturated carbocycles. The van der Waals surface area contributed by atoms with Crippen molar-refractivity contribution >= 4 is 16.0 Å². The number of nitrogens with one attached hydrogen (secondary N) is 1. The molecule has 0 amide bonds. The van der Waals surface area contributed by atoms with Crippen LogP contribution in [-0.2, 0) is 14.8 Å². The number of sulfonamides is 1. The van der Waals surface area contributed by atoms with Crippen molar-refractivity contribution in [1.29, 1.82) is 0 Å². The summed E-state index contributed by atoms with van der Waals surface area (Å²) in [5.74, 6) is 1.44. The van der Waals surface area contributed by atoms with Gasteiger partial charge in [0.05, 0.1) is 18.0 Å². The molecule has 0 aromatic heterocycles. The van der Waals surface area contributed by atoms with Crippen molar-refractivity contribution in [2.75, 3.05) is 46.0 Å². The van der Waals surface area contributed by atoms with E-state index < -0.39 is 10.0 Å². The van der Waals surface area contributed by atoms with Crippen LogP contribution >= 0.6 is 0 Å². The molecule has 0 unspecified atom stereocenters. The summed E-state index contributed by atoms with van der Waals surface area (Å²) in [6.45, 7) is 10.3. The lowest BCUT2D eigenvalue weighted by Crippen LogP contribution is -2.49. The molecule has 26 heavy (non-hydrogen) atoms. The van der Waals surface area contributed by atoms with Crippen molar-refractivity contribution in [2.24, 2.45) is 10.9 Å². The predicted octanol–water partition coefficient (Wildman–Crippen LogP) is 1.51. The Balaban J connectivity index is 1.74. The Bertz CT molecular complexity index is 570. The molecule has 0 atom stereocenters. The number of hydrogen-bond acceptors (Lipinski definition) is 4. The van der Waals surface area contributed by atoms with Crippen molar-refractivity contribution in [3.05, 3.63) is 0 Å². The number of rotatable bonds is 4. The van der Waals surface area contributed by atoms with Gasteiger partial charge < -0.3 is 15.0 Å². The first kappa shape index (κ1) is 21.4. The maximum atomic E-state index is 11.6. The van der Waals surface area contributed by atoms with Crippen LogP contribution in [0.3, 0.4) is 0 Å². The van der Waals surface area contributed by atoms with Gasteiger partial charge in [-0.15, -0.1) is 0 Å². The number of nitrogens with zero attached hydrogens (tertiary/aromatic N) is 3. The van der Waals surface area contributed by atoms with Crippen LogP contribution in [0.1, 0.15) is 46.5 Å². The van der Waals surface area contributed by atoms with Crippen LogP contribution in [-0.4, -0.2) is 81.3 Å². The average molecular weight is 389 g/mol. The van der Waals surface area contributed by atoms with E-state index in [1.807, 2.05) is 7.05 Å². The number of hydrogen-bond donors (Lipinski definition) is 1. The van der Waals surface area contributed by atoms with Gasteiger partial charge in [-0.3, -0.25) is 4.99 Å². The SMILES string of the molecule is CN=C(NCC1CCN(S(C)(=O)=O)CC1)N1CCC(OC(C)(C)C)CC1. The molecule has 2 heterocycles. The van der Waals surface area contributed by atoms with Crippen LogP contribution in [0.25, 0.3) is 0 Å². The second-order valence-electron chi connectivity index (χ2n) is 8.45. The summed E-state index contributed by atoms with van der Waals surface area (Å²) >= 11 is 0. The fourth-order valence-electron chi connectivity index (χ4n) is 3.70. The highest BCUT2D eigenvalue weighted by Crippen LogP contribution is 2.21. The number of ether oxygens (including phenoxy) is 1. The molecule has 0 aliphatic carbocycles. The minimum atomic E-state index is -3.05. The summed E-state index contributed by atoms with van der Waals surface area (Å²) in [5, 5.41) is 3.49. The first-order chi connectivity index (χ1) is 12.1. The van der Waals surface area contributed by atoms with Gasteiger partial charge in [0.25, 0.3) is 0 Å². The van der Waals surface area contributed by atoms with Gasteiger partial charge in [0, 0.05) is 39.8 Å². The van der Waals surface area contributed by atoms with Gasteiger partial charge in [-0.05, 0) is 52.4 Å². The molecule has 1 N–H and O–H groups in total. The molecule has 0 bridgehead atoms. The van der Waals surface area contributed by atoms with Gasteiger partial charge in [0.2, 0.25) is 10.0 Å². The first-order valence-corrected chi connectivity index (χ1v) is 11.5. The molecular formula is C18H36N4O3S. The molecule has 2 rings (SSSR count). The van der Waals surface area contributed by atoms with Crippen LogP contribution < -0.4 is 5.32 Å². The second kappa shape index (κ2) is 8.89. The van der Waals surface area contributed by atoms with E-state index in [2.05, 4.69) is 36.0 Å². The first-order valence-electron chi connectivity index (χ1n) is 9.67. The topological polar surface area (TPSA) is 74.2 Å². The maximum absolute atomic E-state index is 11.6. The Kier molecular flexibility index (Phi) is 7.33. The quantitative estimate of drug-likeness (QED) is 0.584. The van der Waals surface area contributed by atoms with Crippen molar-refractivity contribution in [1.82, 2.24) is 14.5 Å². The van der Waals surface area contributed by atoms with Crippen LogP contribution in [0.15, 0.2) is 4.99 Å².